The van der Waals surface area contributed by atoms with Crippen molar-refractivity contribution < 1.29 is 29.6 Å². The zero-order valence-electron chi connectivity index (χ0n) is 17.3. The van der Waals surface area contributed by atoms with Gasteiger partial charge in [-0.2, -0.15) is 5.10 Å². The number of ether oxygens (including phenoxy) is 1. The molecule has 4 N–H and O–H groups in total. The predicted molar refractivity (Wildman–Crippen MR) is 116 cm³/mol. The summed E-state index contributed by atoms with van der Waals surface area (Å²) in [7, 11) is 0. The number of hydrogen-bond acceptors (Lipinski definition) is 6. The first kappa shape index (κ1) is 22.7. The van der Waals surface area contributed by atoms with Crippen LogP contribution < -0.4 is 0 Å². The summed E-state index contributed by atoms with van der Waals surface area (Å²) in [6, 6.07) is 14.6. The number of hydrogen-bond donors (Lipinski definition) is 4. The van der Waals surface area contributed by atoms with E-state index in [9.17, 15) is 24.8 Å². The van der Waals surface area contributed by atoms with Crippen LogP contribution in [-0.2, 0) is 4.74 Å². The van der Waals surface area contributed by atoms with Gasteiger partial charge in [-0.3, -0.25) is 0 Å². The Morgan fingerprint density at radius 2 is 1.76 bits per heavy atom. The fraction of sp³-hybridized carbons (Fsp3) is 0.240. The van der Waals surface area contributed by atoms with Crippen LogP contribution in [0.5, 0.6) is 0 Å². The highest BCUT2D eigenvalue weighted by Crippen LogP contribution is 2.30. The smallest absolute Gasteiger partial charge is 0.191 e. The number of nitrogens with zero attached hydrogens (tertiary/aromatic N) is 2. The van der Waals surface area contributed by atoms with Crippen LogP contribution in [-0.4, -0.2) is 66.8 Å². The van der Waals surface area contributed by atoms with Gasteiger partial charge in [0.15, 0.2) is 11.7 Å². The van der Waals surface area contributed by atoms with Crippen molar-refractivity contribution in [1.82, 2.24) is 9.78 Å². The summed E-state index contributed by atoms with van der Waals surface area (Å²) in [5.74, 6) is 10.5. The van der Waals surface area contributed by atoms with Crippen LogP contribution in [0.15, 0.2) is 67.0 Å². The monoisotopic (exact) mass is 448 g/mol. The summed E-state index contributed by atoms with van der Waals surface area (Å²) >= 11 is 0. The van der Waals surface area contributed by atoms with E-state index in [1.165, 1.54) is 23.0 Å². The SMILES string of the molecule is OC[C@H]1O[C@H](C#Cc2cnn(-c3ccc(F)cc3)c2)[C@](O)(C#Cc2ccccc2)[C@@H](O)[C@@H]1O. The first-order valence-corrected chi connectivity index (χ1v) is 10.2. The molecule has 1 aliphatic rings. The Morgan fingerprint density at radius 3 is 2.45 bits per heavy atom. The molecule has 0 aliphatic carbocycles. The zero-order chi connectivity index (χ0) is 23.4. The summed E-state index contributed by atoms with van der Waals surface area (Å²) in [6.07, 6.45) is -2.71. The molecule has 0 amide bonds. The molecule has 0 unspecified atom stereocenters. The van der Waals surface area contributed by atoms with Crippen LogP contribution in [0.1, 0.15) is 11.1 Å². The second-order valence-corrected chi connectivity index (χ2v) is 7.53. The summed E-state index contributed by atoms with van der Waals surface area (Å²) < 4.78 is 20.2. The molecule has 4 rings (SSSR count). The Bertz CT molecular complexity index is 1220. The van der Waals surface area contributed by atoms with Crippen molar-refractivity contribution >= 4 is 0 Å². The van der Waals surface area contributed by atoms with Gasteiger partial charge in [0, 0.05) is 11.8 Å². The van der Waals surface area contributed by atoms with Gasteiger partial charge in [0.1, 0.15) is 24.1 Å². The van der Waals surface area contributed by atoms with Crippen molar-refractivity contribution in [3.8, 4) is 29.4 Å². The Labute approximate surface area is 189 Å². The van der Waals surface area contributed by atoms with Gasteiger partial charge in [0.25, 0.3) is 0 Å². The third kappa shape index (κ3) is 4.81. The van der Waals surface area contributed by atoms with Crippen molar-refractivity contribution in [2.24, 2.45) is 0 Å². The maximum atomic E-state index is 13.1. The first-order valence-electron chi connectivity index (χ1n) is 10.2. The Hall–Kier alpha value is -3.50. The first-order chi connectivity index (χ1) is 15.9. The van der Waals surface area contributed by atoms with Crippen LogP contribution in [0.2, 0.25) is 0 Å². The third-order valence-corrected chi connectivity index (χ3v) is 5.25. The third-order valence-electron chi connectivity index (χ3n) is 5.25. The number of aromatic nitrogens is 2. The molecule has 5 atom stereocenters. The second-order valence-electron chi connectivity index (χ2n) is 7.53. The van der Waals surface area contributed by atoms with Crippen LogP contribution in [0.25, 0.3) is 5.69 Å². The lowest BCUT2D eigenvalue weighted by Gasteiger charge is -2.43. The standard InChI is InChI=1S/C25H21FN2O5/c26-19-7-9-20(10-8-19)28-15-18(14-27-28)6-11-22-25(32,13-12-17-4-2-1-3-5-17)24(31)23(30)21(16-29)33-22/h1-5,7-10,14-15,21-24,29-32H,16H2/t21-,22-,23-,24+,25-/m1/s1. The van der Waals surface area contributed by atoms with Crippen molar-refractivity contribution in [3.05, 3.63) is 83.9 Å². The molecule has 8 heteroatoms. The van der Waals surface area contributed by atoms with Crippen molar-refractivity contribution in [2.45, 2.75) is 30.0 Å². The topological polar surface area (TPSA) is 108 Å². The highest BCUT2D eigenvalue weighted by Gasteiger charge is 2.53. The Balaban J connectivity index is 1.65. The molecule has 2 aromatic carbocycles. The molecule has 1 saturated heterocycles. The minimum absolute atomic E-state index is 0.365. The van der Waals surface area contributed by atoms with Crippen molar-refractivity contribution in [2.75, 3.05) is 6.61 Å². The van der Waals surface area contributed by atoms with E-state index in [1.54, 1.807) is 42.6 Å². The number of halogens is 1. The molecule has 7 nitrogen and oxygen atoms in total. The molecule has 3 aromatic rings. The predicted octanol–water partition coefficient (Wildman–Crippen LogP) is 0.627. The molecular weight excluding hydrogens is 427 g/mol. The number of aliphatic hydroxyl groups is 4. The van der Waals surface area contributed by atoms with Gasteiger partial charge in [0.2, 0.25) is 0 Å². The lowest BCUT2D eigenvalue weighted by Crippen LogP contribution is -2.65. The normalized spacial score (nSPS) is 26.6. The lowest BCUT2D eigenvalue weighted by atomic mass is 9.82. The molecule has 1 fully saturated rings. The van der Waals surface area contributed by atoms with Crippen LogP contribution in [0.3, 0.4) is 0 Å². The van der Waals surface area contributed by atoms with Crippen molar-refractivity contribution in [3.63, 3.8) is 0 Å². The lowest BCUT2D eigenvalue weighted by molar-refractivity contribution is -0.239. The quantitative estimate of drug-likeness (QED) is 0.429. The van der Waals surface area contributed by atoms with E-state index in [2.05, 4.69) is 28.8 Å². The molecule has 0 spiro atoms. The maximum Gasteiger partial charge on any atom is 0.191 e. The van der Waals surface area contributed by atoms with Gasteiger partial charge >= 0.3 is 0 Å². The average Bonchev–Trinajstić information content (AvgIpc) is 3.31. The van der Waals surface area contributed by atoms with Crippen LogP contribution in [0, 0.1) is 29.5 Å². The molecule has 1 aromatic heterocycles. The van der Waals surface area contributed by atoms with E-state index in [4.69, 9.17) is 4.74 Å². The van der Waals surface area contributed by atoms with Gasteiger partial charge in [-0.25, -0.2) is 9.07 Å². The summed E-state index contributed by atoms with van der Waals surface area (Å²) in [4.78, 5) is 0. The second kappa shape index (κ2) is 9.55. The summed E-state index contributed by atoms with van der Waals surface area (Å²) in [6.45, 7) is -0.582. The van der Waals surface area contributed by atoms with Gasteiger partial charge in [-0.1, -0.05) is 41.9 Å². The number of benzene rings is 2. The van der Waals surface area contributed by atoms with E-state index in [1.807, 2.05) is 6.07 Å². The van der Waals surface area contributed by atoms with E-state index >= 15 is 0 Å². The van der Waals surface area contributed by atoms with E-state index in [-0.39, 0.29) is 5.82 Å². The van der Waals surface area contributed by atoms with Gasteiger partial charge in [-0.15, -0.1) is 0 Å². The number of aliphatic hydroxyl groups excluding tert-OH is 3. The van der Waals surface area contributed by atoms with Gasteiger partial charge in [-0.05, 0) is 36.4 Å². The van der Waals surface area contributed by atoms with E-state index in [0.29, 0.717) is 16.8 Å². The average molecular weight is 448 g/mol. The zero-order valence-corrected chi connectivity index (χ0v) is 17.3. The molecule has 33 heavy (non-hydrogen) atoms. The van der Waals surface area contributed by atoms with Gasteiger partial charge < -0.3 is 25.2 Å². The maximum absolute atomic E-state index is 13.1. The van der Waals surface area contributed by atoms with Crippen LogP contribution in [0.4, 0.5) is 4.39 Å². The molecule has 1 aliphatic heterocycles. The fourth-order valence-corrected chi connectivity index (χ4v) is 3.38. The Morgan fingerprint density at radius 1 is 1.03 bits per heavy atom. The minimum atomic E-state index is -2.22. The van der Waals surface area contributed by atoms with E-state index < -0.39 is 36.6 Å². The van der Waals surface area contributed by atoms with Crippen molar-refractivity contribution in [1.29, 1.82) is 0 Å². The number of rotatable bonds is 2. The molecule has 168 valence electrons. The van der Waals surface area contributed by atoms with Gasteiger partial charge in [0.05, 0.1) is 24.1 Å². The summed E-state index contributed by atoms with van der Waals surface area (Å²) in [5, 5.41) is 45.8. The van der Waals surface area contributed by atoms with Crippen LogP contribution >= 0.6 is 0 Å². The molecule has 0 bridgehead atoms. The largest absolute Gasteiger partial charge is 0.394 e. The fourth-order valence-electron chi connectivity index (χ4n) is 3.38. The van der Waals surface area contributed by atoms with E-state index in [0.717, 1.165) is 0 Å². The molecule has 2 heterocycles. The minimum Gasteiger partial charge on any atom is -0.394 e. The Kier molecular flexibility index (Phi) is 6.57. The molecule has 0 saturated carbocycles. The highest BCUT2D eigenvalue weighted by atomic mass is 19.1. The molecule has 0 radical (unpaired) electrons. The highest BCUT2D eigenvalue weighted by molar-refractivity contribution is 5.42. The molecular formula is C25H21FN2O5. The summed E-state index contributed by atoms with van der Waals surface area (Å²) in [5.41, 5.74) is -0.546.